The lowest BCUT2D eigenvalue weighted by atomic mass is 9.93. The van der Waals surface area contributed by atoms with Gasteiger partial charge in [0.15, 0.2) is 0 Å². The van der Waals surface area contributed by atoms with Crippen LogP contribution in [-0.2, 0) is 20.0 Å². The average molecular weight is 366 g/mol. The minimum Gasteiger partial charge on any atom is -0.384 e. The zero-order valence-corrected chi connectivity index (χ0v) is 15.1. The van der Waals surface area contributed by atoms with Gasteiger partial charge in [-0.3, -0.25) is 19.3 Å². The lowest BCUT2D eigenvalue weighted by Crippen LogP contribution is -2.44. The highest BCUT2D eigenvalue weighted by Gasteiger charge is 2.31. The maximum Gasteiger partial charge on any atom is 0.240 e. The molecule has 0 aromatic heterocycles. The SMILES string of the molecule is CC(O)(CNC(=O)CN1C(=O)CCC1=O)c1ccc(-c2ccccc2)cc1. The molecule has 1 heterocycles. The lowest BCUT2D eigenvalue weighted by molar-refractivity contribution is -0.142. The quantitative estimate of drug-likeness (QED) is 0.764. The largest absolute Gasteiger partial charge is 0.384 e. The van der Waals surface area contributed by atoms with E-state index in [4.69, 9.17) is 0 Å². The van der Waals surface area contributed by atoms with Crippen LogP contribution in [-0.4, -0.2) is 40.8 Å². The van der Waals surface area contributed by atoms with Crippen LogP contribution in [0.2, 0.25) is 0 Å². The zero-order valence-electron chi connectivity index (χ0n) is 15.1. The molecule has 1 aliphatic heterocycles. The summed E-state index contributed by atoms with van der Waals surface area (Å²) >= 11 is 0. The van der Waals surface area contributed by atoms with Crippen molar-refractivity contribution >= 4 is 17.7 Å². The van der Waals surface area contributed by atoms with E-state index < -0.39 is 11.5 Å². The number of carbonyl (C=O) groups is 3. The minimum atomic E-state index is -1.27. The Kier molecular flexibility index (Phi) is 5.37. The molecule has 1 saturated heterocycles. The van der Waals surface area contributed by atoms with Crippen molar-refractivity contribution in [2.45, 2.75) is 25.4 Å². The van der Waals surface area contributed by atoms with Crippen LogP contribution < -0.4 is 5.32 Å². The van der Waals surface area contributed by atoms with Crippen LogP contribution in [0.3, 0.4) is 0 Å². The normalized spacial score (nSPS) is 16.3. The summed E-state index contributed by atoms with van der Waals surface area (Å²) in [7, 11) is 0. The van der Waals surface area contributed by atoms with Crippen molar-refractivity contribution in [3.63, 3.8) is 0 Å². The fraction of sp³-hybridized carbons (Fsp3) is 0.286. The summed E-state index contributed by atoms with van der Waals surface area (Å²) in [4.78, 5) is 36.1. The number of hydrogen-bond donors (Lipinski definition) is 2. The maximum atomic E-state index is 12.0. The van der Waals surface area contributed by atoms with Gasteiger partial charge in [-0.05, 0) is 23.6 Å². The van der Waals surface area contributed by atoms with Gasteiger partial charge in [-0.15, -0.1) is 0 Å². The van der Waals surface area contributed by atoms with Gasteiger partial charge in [-0.25, -0.2) is 0 Å². The summed E-state index contributed by atoms with van der Waals surface area (Å²) in [6.07, 6.45) is 0.301. The molecule has 0 saturated carbocycles. The van der Waals surface area contributed by atoms with Crippen molar-refractivity contribution < 1.29 is 19.5 Å². The molecule has 0 radical (unpaired) electrons. The molecule has 1 atom stereocenters. The number of rotatable bonds is 6. The fourth-order valence-electron chi connectivity index (χ4n) is 3.02. The summed E-state index contributed by atoms with van der Waals surface area (Å²) in [5.41, 5.74) is 1.50. The summed E-state index contributed by atoms with van der Waals surface area (Å²) < 4.78 is 0. The number of hydrogen-bond acceptors (Lipinski definition) is 4. The average Bonchev–Trinajstić information content (AvgIpc) is 2.99. The van der Waals surface area contributed by atoms with Crippen LogP contribution >= 0.6 is 0 Å². The Hall–Kier alpha value is -2.99. The first-order chi connectivity index (χ1) is 12.9. The Morgan fingerprint density at radius 1 is 1.00 bits per heavy atom. The van der Waals surface area contributed by atoms with E-state index in [1.54, 1.807) is 6.92 Å². The van der Waals surface area contributed by atoms with Gasteiger partial charge in [-0.1, -0.05) is 54.6 Å². The second-order valence-corrected chi connectivity index (χ2v) is 6.87. The topological polar surface area (TPSA) is 86.7 Å². The summed E-state index contributed by atoms with van der Waals surface area (Å²) in [6.45, 7) is 1.28. The molecule has 1 unspecified atom stereocenters. The molecule has 3 amide bonds. The second kappa shape index (κ2) is 7.72. The third-order valence-electron chi connectivity index (χ3n) is 4.70. The number of benzene rings is 2. The Morgan fingerprint density at radius 3 is 2.15 bits per heavy atom. The summed E-state index contributed by atoms with van der Waals surface area (Å²) in [5.74, 6) is -1.14. The number of amides is 3. The summed E-state index contributed by atoms with van der Waals surface area (Å²) in [5, 5.41) is 13.3. The molecule has 1 fully saturated rings. The molecule has 0 aliphatic carbocycles. The third kappa shape index (κ3) is 4.41. The monoisotopic (exact) mass is 366 g/mol. The lowest BCUT2D eigenvalue weighted by Gasteiger charge is -2.25. The van der Waals surface area contributed by atoms with E-state index in [9.17, 15) is 19.5 Å². The highest BCUT2D eigenvalue weighted by molar-refractivity contribution is 6.04. The molecular formula is C21H22N2O4. The van der Waals surface area contributed by atoms with Gasteiger partial charge >= 0.3 is 0 Å². The van der Waals surface area contributed by atoms with Gasteiger partial charge in [0.05, 0.1) is 6.54 Å². The van der Waals surface area contributed by atoms with E-state index in [2.05, 4.69) is 5.32 Å². The summed E-state index contributed by atoms with van der Waals surface area (Å²) in [6, 6.07) is 17.4. The van der Waals surface area contributed by atoms with Crippen molar-refractivity contribution in [2.75, 3.05) is 13.1 Å². The van der Waals surface area contributed by atoms with Crippen LogP contribution in [0.15, 0.2) is 54.6 Å². The predicted molar refractivity (Wildman–Crippen MR) is 100 cm³/mol. The van der Waals surface area contributed by atoms with Crippen LogP contribution in [0.4, 0.5) is 0 Å². The van der Waals surface area contributed by atoms with E-state index in [-0.39, 0.29) is 37.7 Å². The van der Waals surface area contributed by atoms with Gasteiger partial charge in [0.2, 0.25) is 17.7 Å². The standard InChI is InChI=1S/C21H22N2O4/c1-21(27,14-22-18(24)13-23-19(25)11-12-20(23)26)17-9-7-16(8-10-17)15-5-3-2-4-6-15/h2-10,27H,11-14H2,1H3,(H,22,24). The van der Waals surface area contributed by atoms with Gasteiger partial charge in [0.25, 0.3) is 0 Å². The van der Waals surface area contributed by atoms with Gasteiger partial charge in [0, 0.05) is 12.8 Å². The van der Waals surface area contributed by atoms with E-state index in [1.807, 2.05) is 54.6 Å². The van der Waals surface area contributed by atoms with Crippen LogP contribution in [0.25, 0.3) is 11.1 Å². The molecule has 3 rings (SSSR count). The smallest absolute Gasteiger partial charge is 0.240 e. The van der Waals surface area contributed by atoms with Crippen LogP contribution in [0.1, 0.15) is 25.3 Å². The Morgan fingerprint density at radius 2 is 1.56 bits per heavy atom. The van der Waals surface area contributed by atoms with Crippen LogP contribution in [0.5, 0.6) is 0 Å². The molecule has 140 valence electrons. The molecule has 6 heteroatoms. The minimum absolute atomic E-state index is 0.0211. The second-order valence-electron chi connectivity index (χ2n) is 6.87. The van der Waals surface area contributed by atoms with Crippen molar-refractivity contribution in [3.05, 3.63) is 60.2 Å². The molecule has 6 nitrogen and oxygen atoms in total. The zero-order chi connectivity index (χ0) is 19.4. The molecule has 2 aromatic carbocycles. The first-order valence-electron chi connectivity index (χ1n) is 8.85. The van der Waals surface area contributed by atoms with Gasteiger partial charge in [0.1, 0.15) is 12.1 Å². The van der Waals surface area contributed by atoms with Crippen molar-refractivity contribution in [2.24, 2.45) is 0 Å². The molecule has 2 aromatic rings. The number of likely N-dealkylation sites (tertiary alicyclic amines) is 1. The van der Waals surface area contributed by atoms with E-state index >= 15 is 0 Å². The van der Waals surface area contributed by atoms with Crippen molar-refractivity contribution in [3.8, 4) is 11.1 Å². The number of imide groups is 1. The van der Waals surface area contributed by atoms with E-state index in [0.717, 1.165) is 16.0 Å². The predicted octanol–water partition coefficient (Wildman–Crippen LogP) is 1.83. The highest BCUT2D eigenvalue weighted by Crippen LogP contribution is 2.24. The Balaban J connectivity index is 1.60. The number of nitrogens with one attached hydrogen (secondary N) is 1. The third-order valence-corrected chi connectivity index (χ3v) is 4.70. The molecule has 2 N–H and O–H groups in total. The maximum absolute atomic E-state index is 12.0. The molecule has 1 aliphatic rings. The van der Waals surface area contributed by atoms with E-state index in [0.29, 0.717) is 5.56 Å². The van der Waals surface area contributed by atoms with Crippen molar-refractivity contribution in [1.82, 2.24) is 10.2 Å². The Bertz CT molecular complexity index is 828. The van der Waals surface area contributed by atoms with E-state index in [1.165, 1.54) is 0 Å². The number of nitrogens with zero attached hydrogens (tertiary/aromatic N) is 1. The number of carbonyl (C=O) groups excluding carboxylic acids is 3. The first kappa shape index (κ1) is 18.8. The van der Waals surface area contributed by atoms with Gasteiger partial charge in [-0.2, -0.15) is 0 Å². The number of aliphatic hydroxyl groups is 1. The Labute approximate surface area is 157 Å². The van der Waals surface area contributed by atoms with Crippen LogP contribution in [0, 0.1) is 0 Å². The fourth-order valence-corrected chi connectivity index (χ4v) is 3.02. The first-order valence-corrected chi connectivity index (χ1v) is 8.85. The molecule has 0 bridgehead atoms. The molecule has 0 spiro atoms. The molecular weight excluding hydrogens is 344 g/mol. The van der Waals surface area contributed by atoms with Crippen molar-refractivity contribution in [1.29, 1.82) is 0 Å². The highest BCUT2D eigenvalue weighted by atomic mass is 16.3. The van der Waals surface area contributed by atoms with Gasteiger partial charge < -0.3 is 10.4 Å². The molecule has 27 heavy (non-hydrogen) atoms.